The fraction of sp³-hybridized carbons (Fsp3) is 0.667. The monoisotopic (exact) mass is 686 g/mol. The third-order valence-electron chi connectivity index (χ3n) is 9.45. The molecular formula is C36H50N2O11. The number of ether oxygens (including phenoxy) is 6. The summed E-state index contributed by atoms with van der Waals surface area (Å²) in [6.45, 7) is 16.1. The molecule has 1 amide bonds. The van der Waals surface area contributed by atoms with Crippen LogP contribution in [-0.4, -0.2) is 88.9 Å². The molecule has 2 bridgehead atoms. The van der Waals surface area contributed by atoms with Crippen LogP contribution in [0.3, 0.4) is 0 Å². The molecule has 0 aromatic heterocycles. The van der Waals surface area contributed by atoms with Gasteiger partial charge in [-0.05, 0) is 105 Å². The van der Waals surface area contributed by atoms with E-state index in [9.17, 15) is 24.3 Å². The lowest BCUT2D eigenvalue weighted by Gasteiger charge is -2.61. The largest absolute Gasteiger partial charge is 0.514 e. The van der Waals surface area contributed by atoms with Gasteiger partial charge in [0.1, 0.15) is 23.0 Å². The number of nitrogens with one attached hydrogen (secondary N) is 1. The first-order chi connectivity index (χ1) is 22.6. The van der Waals surface area contributed by atoms with Crippen LogP contribution in [0.25, 0.3) is 0 Å². The minimum atomic E-state index is -1.34. The second-order valence-electron chi connectivity index (χ2n) is 16.0. The number of nitrogens with zero attached hydrogens (tertiary/aromatic N) is 1. The van der Waals surface area contributed by atoms with Crippen LogP contribution in [0.2, 0.25) is 0 Å². The number of amides is 1. The Bertz CT molecular complexity index is 1540. The smallest absolute Gasteiger partial charge is 0.477 e. The number of aliphatic hydroxyl groups is 1. The Labute approximate surface area is 287 Å². The van der Waals surface area contributed by atoms with Crippen LogP contribution in [0, 0.1) is 5.92 Å². The molecule has 1 aromatic carbocycles. The molecule has 1 unspecified atom stereocenters. The molecule has 5 rings (SSSR count). The van der Waals surface area contributed by atoms with E-state index in [0.717, 1.165) is 11.1 Å². The standard InChI is InChI=1S/C36H50N2O11/c1-19(2)17-22(37-31(41)48-33(4,5)6)30(40)44-20(3)29(39)45-24-13-14-36(43)25-18-21-11-12-23(46-32(42)49-34(7,8)9)27-26(21)35(36,28(24)47-27)15-16-38(25)10/h11-13,19-20,22,25,28,43H,14-18H2,1-10H3,(H,37,41)/t20-,22?,25+,28-,35-,36+/m0/s1. The summed E-state index contributed by atoms with van der Waals surface area (Å²) in [6.07, 6.45) is -0.857. The number of carbonyl (C=O) groups is 4. The Hall–Kier alpha value is -3.84. The highest BCUT2D eigenvalue weighted by atomic mass is 16.7. The Morgan fingerprint density at radius 1 is 1.02 bits per heavy atom. The Morgan fingerprint density at radius 2 is 1.69 bits per heavy atom. The second kappa shape index (κ2) is 12.8. The van der Waals surface area contributed by atoms with E-state index in [0.29, 0.717) is 25.1 Å². The number of carbonyl (C=O) groups excluding carboxylic acids is 4. The van der Waals surface area contributed by atoms with Gasteiger partial charge in [0.25, 0.3) is 0 Å². The Kier molecular flexibility index (Phi) is 9.52. The van der Waals surface area contributed by atoms with Gasteiger partial charge in [-0.1, -0.05) is 19.9 Å². The maximum absolute atomic E-state index is 13.5. The summed E-state index contributed by atoms with van der Waals surface area (Å²) in [6, 6.07) is 2.23. The maximum atomic E-state index is 13.5. The molecule has 13 nitrogen and oxygen atoms in total. The van der Waals surface area contributed by atoms with Crippen LogP contribution in [0.4, 0.5) is 9.59 Å². The van der Waals surface area contributed by atoms with Crippen LogP contribution < -0.4 is 14.8 Å². The van der Waals surface area contributed by atoms with E-state index in [1.807, 2.05) is 27.0 Å². The molecule has 270 valence electrons. The third-order valence-corrected chi connectivity index (χ3v) is 9.45. The average Bonchev–Trinajstić information content (AvgIpc) is 3.31. The first kappa shape index (κ1) is 36.4. The average molecular weight is 687 g/mol. The second-order valence-corrected chi connectivity index (χ2v) is 16.0. The molecule has 0 saturated carbocycles. The van der Waals surface area contributed by atoms with Gasteiger partial charge < -0.3 is 43.7 Å². The van der Waals surface area contributed by atoms with Gasteiger partial charge >= 0.3 is 24.2 Å². The molecule has 0 radical (unpaired) electrons. The van der Waals surface area contributed by atoms with Gasteiger partial charge in [-0.25, -0.2) is 19.2 Å². The van der Waals surface area contributed by atoms with Gasteiger partial charge in [0.05, 0.1) is 11.0 Å². The van der Waals surface area contributed by atoms with Gasteiger partial charge in [0, 0.05) is 18.0 Å². The van der Waals surface area contributed by atoms with Crippen molar-refractivity contribution in [2.24, 2.45) is 5.92 Å². The minimum absolute atomic E-state index is 0.0178. The summed E-state index contributed by atoms with van der Waals surface area (Å²) in [4.78, 5) is 54.0. The fourth-order valence-electron chi connectivity index (χ4n) is 7.51. The van der Waals surface area contributed by atoms with Crippen LogP contribution in [0.15, 0.2) is 24.0 Å². The van der Waals surface area contributed by atoms with E-state index >= 15 is 0 Å². The Balaban J connectivity index is 1.39. The molecular weight excluding hydrogens is 636 g/mol. The lowest BCUT2D eigenvalue weighted by atomic mass is 9.50. The predicted octanol–water partition coefficient (Wildman–Crippen LogP) is 4.69. The molecule has 2 N–H and O–H groups in total. The molecule has 2 aliphatic carbocycles. The van der Waals surface area contributed by atoms with Crippen molar-refractivity contribution >= 4 is 24.2 Å². The van der Waals surface area contributed by atoms with Crippen molar-refractivity contribution in [3.63, 3.8) is 0 Å². The number of alkyl carbamates (subject to hydrolysis) is 1. The van der Waals surface area contributed by atoms with Crippen molar-refractivity contribution in [3.05, 3.63) is 35.1 Å². The van der Waals surface area contributed by atoms with E-state index in [1.165, 1.54) is 6.92 Å². The molecule has 49 heavy (non-hydrogen) atoms. The third kappa shape index (κ3) is 6.96. The van der Waals surface area contributed by atoms with Crippen molar-refractivity contribution in [2.75, 3.05) is 13.6 Å². The summed E-state index contributed by atoms with van der Waals surface area (Å²) in [5.41, 5.74) is -2.17. The molecule has 1 saturated heterocycles. The quantitative estimate of drug-likeness (QED) is 0.221. The van der Waals surface area contributed by atoms with Crippen molar-refractivity contribution in [2.45, 2.75) is 135 Å². The van der Waals surface area contributed by atoms with Gasteiger partial charge in [-0.15, -0.1) is 0 Å². The number of esters is 2. The number of benzene rings is 1. The van der Waals surface area contributed by atoms with Gasteiger partial charge in [-0.3, -0.25) is 0 Å². The lowest BCUT2D eigenvalue weighted by Crippen LogP contribution is -2.74. The highest BCUT2D eigenvalue weighted by Crippen LogP contribution is 2.65. The van der Waals surface area contributed by atoms with Gasteiger partial charge in [0.2, 0.25) is 0 Å². The molecule has 1 aromatic rings. The summed E-state index contributed by atoms with van der Waals surface area (Å²) >= 11 is 0. The molecule has 2 aliphatic heterocycles. The van der Waals surface area contributed by atoms with E-state index in [-0.39, 0.29) is 36.3 Å². The number of rotatable bonds is 8. The van der Waals surface area contributed by atoms with E-state index < -0.39 is 64.7 Å². The molecule has 13 heteroatoms. The fourth-order valence-corrected chi connectivity index (χ4v) is 7.51. The number of hydrogen-bond acceptors (Lipinski definition) is 12. The summed E-state index contributed by atoms with van der Waals surface area (Å²) in [7, 11) is 1.98. The number of likely N-dealkylation sites (tertiary alicyclic amines) is 1. The van der Waals surface area contributed by atoms with Crippen LogP contribution in [0.5, 0.6) is 11.5 Å². The van der Waals surface area contributed by atoms with E-state index in [4.69, 9.17) is 28.4 Å². The lowest BCUT2D eigenvalue weighted by molar-refractivity contribution is -0.176. The number of likely N-dealkylation sites (N-methyl/N-ethyl adjacent to an activating group) is 1. The SMILES string of the molecule is CC(C)CC(NC(=O)OC(C)(C)C)C(=O)O[C@@H](C)C(=O)OC1=CC[C@@]2(O)[C@H]3Cc4ccc(OC(=O)OC(C)(C)C)c5c4[C@@]2(CCN3C)[C@H]1O5. The molecule has 2 heterocycles. The highest BCUT2D eigenvalue weighted by molar-refractivity contribution is 5.85. The molecule has 1 fully saturated rings. The first-order valence-corrected chi connectivity index (χ1v) is 16.9. The van der Waals surface area contributed by atoms with Gasteiger partial charge in [0.15, 0.2) is 23.7 Å². The van der Waals surface area contributed by atoms with Crippen molar-refractivity contribution in [3.8, 4) is 11.5 Å². The highest BCUT2D eigenvalue weighted by Gasteiger charge is 2.72. The van der Waals surface area contributed by atoms with Crippen LogP contribution in [0.1, 0.15) is 92.7 Å². The van der Waals surface area contributed by atoms with Crippen molar-refractivity contribution in [1.82, 2.24) is 10.2 Å². The predicted molar refractivity (Wildman–Crippen MR) is 176 cm³/mol. The first-order valence-electron chi connectivity index (χ1n) is 16.9. The molecule has 1 spiro atoms. The normalized spacial score (nSPS) is 26.7. The number of hydrogen-bond donors (Lipinski definition) is 2. The summed E-state index contributed by atoms with van der Waals surface area (Å²) in [5, 5.41) is 15.1. The Morgan fingerprint density at radius 3 is 2.33 bits per heavy atom. The van der Waals surface area contributed by atoms with E-state index in [2.05, 4.69) is 10.2 Å². The zero-order valence-corrected chi connectivity index (χ0v) is 30.1. The zero-order valence-electron chi connectivity index (χ0n) is 30.1. The molecule has 6 atom stereocenters. The van der Waals surface area contributed by atoms with Gasteiger partial charge in [-0.2, -0.15) is 0 Å². The van der Waals surface area contributed by atoms with Crippen molar-refractivity contribution < 1.29 is 52.7 Å². The van der Waals surface area contributed by atoms with Crippen molar-refractivity contribution in [1.29, 1.82) is 0 Å². The van der Waals surface area contributed by atoms with Crippen LogP contribution in [-0.2, 0) is 40.4 Å². The summed E-state index contributed by atoms with van der Waals surface area (Å²) in [5.74, 6) is -1.05. The van der Waals surface area contributed by atoms with Crippen LogP contribution >= 0.6 is 0 Å². The molecule has 4 aliphatic rings. The zero-order chi connectivity index (χ0) is 36.3. The number of piperidine rings is 1. The van der Waals surface area contributed by atoms with E-state index in [1.54, 1.807) is 53.7 Å². The minimum Gasteiger partial charge on any atom is -0.477 e. The topological polar surface area (TPSA) is 159 Å². The maximum Gasteiger partial charge on any atom is 0.514 e. The summed E-state index contributed by atoms with van der Waals surface area (Å²) < 4.78 is 34.3.